The van der Waals surface area contributed by atoms with Crippen molar-refractivity contribution in [3.63, 3.8) is 0 Å². The molecule has 0 atom stereocenters. The van der Waals surface area contributed by atoms with Crippen LogP contribution >= 0.6 is 0 Å². The molecule has 2 rings (SSSR count). The number of nitrogens with two attached hydrogens (primary N) is 1. The number of benzene rings is 2. The van der Waals surface area contributed by atoms with Crippen LogP contribution in [0.15, 0.2) is 47.4 Å². The third kappa shape index (κ3) is 3.89. The average Bonchev–Trinajstić information content (AvgIpc) is 2.49. The predicted octanol–water partition coefficient (Wildman–Crippen LogP) is 2.38. The van der Waals surface area contributed by atoms with Crippen LogP contribution in [0.5, 0.6) is 5.75 Å². The van der Waals surface area contributed by atoms with E-state index in [1.807, 2.05) is 6.92 Å². The van der Waals surface area contributed by atoms with Gasteiger partial charge in [-0.25, -0.2) is 8.42 Å². The van der Waals surface area contributed by atoms with Crippen molar-refractivity contribution in [1.29, 1.82) is 0 Å². The Morgan fingerprint density at radius 1 is 1.22 bits per heavy atom. The number of nitrogens with one attached hydrogen (secondary N) is 1. The number of nitro groups is 1. The molecule has 122 valence electrons. The van der Waals surface area contributed by atoms with E-state index in [0.717, 1.165) is 6.07 Å². The minimum atomic E-state index is -3.87. The van der Waals surface area contributed by atoms with Gasteiger partial charge in [-0.3, -0.25) is 14.8 Å². The van der Waals surface area contributed by atoms with Gasteiger partial charge in [0, 0.05) is 6.07 Å². The van der Waals surface area contributed by atoms with Gasteiger partial charge < -0.3 is 10.5 Å². The third-order valence-corrected chi connectivity index (χ3v) is 4.32. The minimum absolute atomic E-state index is 0.0143. The summed E-state index contributed by atoms with van der Waals surface area (Å²) >= 11 is 0. The van der Waals surface area contributed by atoms with Crippen molar-refractivity contribution in [3.05, 3.63) is 52.6 Å². The van der Waals surface area contributed by atoms with E-state index in [2.05, 4.69) is 4.72 Å². The molecular weight excluding hydrogens is 322 g/mol. The van der Waals surface area contributed by atoms with E-state index in [1.165, 1.54) is 36.4 Å². The van der Waals surface area contributed by atoms with Gasteiger partial charge in [-0.2, -0.15) is 0 Å². The van der Waals surface area contributed by atoms with Gasteiger partial charge in [0.05, 0.1) is 22.1 Å². The maximum absolute atomic E-state index is 12.3. The Balaban J connectivity index is 2.27. The number of nitro benzene ring substituents is 1. The molecule has 0 radical (unpaired) electrons. The van der Waals surface area contributed by atoms with E-state index in [4.69, 9.17) is 10.5 Å². The Labute approximate surface area is 133 Å². The zero-order valence-corrected chi connectivity index (χ0v) is 13.0. The summed E-state index contributed by atoms with van der Waals surface area (Å²) in [7, 11) is -3.87. The van der Waals surface area contributed by atoms with Gasteiger partial charge in [-0.05, 0) is 43.3 Å². The first-order chi connectivity index (χ1) is 10.8. The SMILES string of the molecule is CCOc1ccc(S(=O)(=O)Nc2ccc(N)c([N+](=O)[O-])c2)cc1. The number of hydrogen-bond donors (Lipinski definition) is 2. The van der Waals surface area contributed by atoms with Gasteiger partial charge in [0.25, 0.3) is 15.7 Å². The van der Waals surface area contributed by atoms with Crippen LogP contribution in [-0.2, 0) is 10.0 Å². The third-order valence-electron chi connectivity index (χ3n) is 2.92. The Bertz CT molecular complexity index is 819. The standard InChI is InChI=1S/C14H15N3O5S/c1-2-22-11-4-6-12(7-5-11)23(20,21)16-10-3-8-13(15)14(9-10)17(18)19/h3-9,16H,2,15H2,1H3. The summed E-state index contributed by atoms with van der Waals surface area (Å²) in [6, 6.07) is 9.54. The molecule has 0 spiro atoms. The van der Waals surface area contributed by atoms with Crippen molar-refractivity contribution >= 4 is 27.1 Å². The molecule has 3 N–H and O–H groups in total. The van der Waals surface area contributed by atoms with Crippen molar-refractivity contribution in [2.24, 2.45) is 0 Å². The summed E-state index contributed by atoms with van der Waals surface area (Å²) in [5.74, 6) is 0.551. The number of rotatable bonds is 6. The Morgan fingerprint density at radius 2 is 1.87 bits per heavy atom. The van der Waals surface area contributed by atoms with Crippen molar-refractivity contribution < 1.29 is 18.1 Å². The second kappa shape index (κ2) is 6.53. The fraction of sp³-hybridized carbons (Fsp3) is 0.143. The number of ether oxygens (including phenoxy) is 1. The first kappa shape index (κ1) is 16.6. The highest BCUT2D eigenvalue weighted by atomic mass is 32.2. The lowest BCUT2D eigenvalue weighted by atomic mass is 10.2. The highest BCUT2D eigenvalue weighted by Crippen LogP contribution is 2.27. The van der Waals surface area contributed by atoms with E-state index in [1.54, 1.807) is 0 Å². The summed E-state index contributed by atoms with van der Waals surface area (Å²) < 4.78 is 32.1. The normalized spacial score (nSPS) is 11.0. The molecule has 0 saturated carbocycles. The molecule has 0 amide bonds. The van der Waals surface area contributed by atoms with Crippen molar-refractivity contribution in [2.45, 2.75) is 11.8 Å². The van der Waals surface area contributed by atoms with Crippen LogP contribution in [-0.4, -0.2) is 19.9 Å². The second-order valence-electron chi connectivity index (χ2n) is 4.54. The maximum Gasteiger partial charge on any atom is 0.294 e. The van der Waals surface area contributed by atoms with Gasteiger partial charge in [0.2, 0.25) is 0 Å². The van der Waals surface area contributed by atoms with Crippen LogP contribution < -0.4 is 15.2 Å². The second-order valence-corrected chi connectivity index (χ2v) is 6.22. The van der Waals surface area contributed by atoms with Gasteiger partial charge in [-0.15, -0.1) is 0 Å². The lowest BCUT2D eigenvalue weighted by molar-refractivity contribution is -0.383. The molecule has 2 aromatic rings. The minimum Gasteiger partial charge on any atom is -0.494 e. The van der Waals surface area contributed by atoms with Crippen molar-refractivity contribution in [3.8, 4) is 5.75 Å². The van der Waals surface area contributed by atoms with E-state index >= 15 is 0 Å². The molecule has 0 unspecified atom stereocenters. The van der Waals surface area contributed by atoms with E-state index in [-0.39, 0.29) is 22.0 Å². The van der Waals surface area contributed by atoms with Gasteiger partial charge in [0.15, 0.2) is 0 Å². The summed E-state index contributed by atoms with van der Waals surface area (Å²) in [4.78, 5) is 10.2. The number of anilines is 2. The molecule has 0 fully saturated rings. The number of nitrogens with zero attached hydrogens (tertiary/aromatic N) is 1. The molecule has 0 saturated heterocycles. The highest BCUT2D eigenvalue weighted by Gasteiger charge is 2.17. The molecule has 0 bridgehead atoms. The quantitative estimate of drug-likeness (QED) is 0.473. The van der Waals surface area contributed by atoms with Crippen LogP contribution in [0, 0.1) is 10.1 Å². The molecule has 9 heteroatoms. The molecule has 23 heavy (non-hydrogen) atoms. The molecule has 0 aliphatic heterocycles. The van der Waals surface area contributed by atoms with Gasteiger partial charge in [-0.1, -0.05) is 0 Å². The molecule has 0 aromatic heterocycles. The molecular formula is C14H15N3O5S. The Morgan fingerprint density at radius 3 is 2.43 bits per heavy atom. The zero-order chi connectivity index (χ0) is 17.0. The fourth-order valence-corrected chi connectivity index (χ4v) is 2.91. The predicted molar refractivity (Wildman–Crippen MR) is 85.9 cm³/mol. The number of sulfonamides is 1. The molecule has 8 nitrogen and oxygen atoms in total. The molecule has 0 aliphatic rings. The van der Waals surface area contributed by atoms with E-state index in [9.17, 15) is 18.5 Å². The van der Waals surface area contributed by atoms with Crippen LogP contribution in [0.25, 0.3) is 0 Å². The van der Waals surface area contributed by atoms with E-state index in [0.29, 0.717) is 12.4 Å². The Hall–Kier alpha value is -2.81. The summed E-state index contributed by atoms with van der Waals surface area (Å²) in [5, 5.41) is 10.8. The maximum atomic E-state index is 12.3. The van der Waals surface area contributed by atoms with Crippen LogP contribution in [0.3, 0.4) is 0 Å². The zero-order valence-electron chi connectivity index (χ0n) is 12.2. The van der Waals surface area contributed by atoms with Crippen LogP contribution in [0.2, 0.25) is 0 Å². The first-order valence-electron chi connectivity index (χ1n) is 6.63. The van der Waals surface area contributed by atoms with Gasteiger partial charge in [0.1, 0.15) is 11.4 Å². The summed E-state index contributed by atoms with van der Waals surface area (Å²) in [6.45, 7) is 2.29. The molecule has 2 aromatic carbocycles. The average molecular weight is 337 g/mol. The van der Waals surface area contributed by atoms with Gasteiger partial charge >= 0.3 is 0 Å². The first-order valence-corrected chi connectivity index (χ1v) is 8.11. The smallest absolute Gasteiger partial charge is 0.294 e. The fourth-order valence-electron chi connectivity index (χ4n) is 1.86. The molecule has 0 aliphatic carbocycles. The van der Waals surface area contributed by atoms with Crippen LogP contribution in [0.1, 0.15) is 6.92 Å². The lowest BCUT2D eigenvalue weighted by Crippen LogP contribution is -2.13. The van der Waals surface area contributed by atoms with Crippen molar-refractivity contribution in [2.75, 3.05) is 17.1 Å². The van der Waals surface area contributed by atoms with E-state index < -0.39 is 14.9 Å². The number of hydrogen-bond acceptors (Lipinski definition) is 6. The molecule has 0 heterocycles. The van der Waals surface area contributed by atoms with Crippen LogP contribution in [0.4, 0.5) is 17.1 Å². The number of nitrogen functional groups attached to an aromatic ring is 1. The lowest BCUT2D eigenvalue weighted by Gasteiger charge is -2.09. The Kier molecular flexibility index (Phi) is 4.70. The van der Waals surface area contributed by atoms with Crippen molar-refractivity contribution in [1.82, 2.24) is 0 Å². The highest BCUT2D eigenvalue weighted by molar-refractivity contribution is 7.92. The largest absolute Gasteiger partial charge is 0.494 e. The monoisotopic (exact) mass is 337 g/mol. The summed E-state index contributed by atoms with van der Waals surface area (Å²) in [6.07, 6.45) is 0. The summed E-state index contributed by atoms with van der Waals surface area (Å²) in [5.41, 5.74) is 5.13. The topological polar surface area (TPSA) is 125 Å².